The summed E-state index contributed by atoms with van der Waals surface area (Å²) in [6.45, 7) is 7.42. The van der Waals surface area contributed by atoms with Crippen LogP contribution in [-0.4, -0.2) is 82.2 Å². The minimum atomic E-state index is -3.00. The fraction of sp³-hybridized carbons (Fsp3) is 1.00. The zero-order valence-electron chi connectivity index (χ0n) is 12.9. The number of ether oxygens (including phenoxy) is 3. The number of methoxy groups -OCH3 is 3. The van der Waals surface area contributed by atoms with Gasteiger partial charge in [-0.3, -0.25) is 0 Å². The van der Waals surface area contributed by atoms with Gasteiger partial charge in [0, 0.05) is 0 Å². The van der Waals surface area contributed by atoms with Gasteiger partial charge in [-0.15, -0.1) is 0 Å². The van der Waals surface area contributed by atoms with Crippen LogP contribution in [0.15, 0.2) is 0 Å². The molecule has 7 heteroatoms. The Morgan fingerprint density at radius 2 is 0.895 bits per heavy atom. The second-order valence-corrected chi connectivity index (χ2v) is 8.47. The van der Waals surface area contributed by atoms with Crippen LogP contribution in [0.1, 0.15) is 20.8 Å². The van der Waals surface area contributed by atoms with Crippen molar-refractivity contribution in [3.63, 3.8) is 0 Å². The second kappa shape index (κ2) is 12.4. The molecule has 0 aliphatic heterocycles. The molecule has 0 saturated carbocycles. The second-order valence-electron chi connectivity index (χ2n) is 4.49. The maximum absolute atomic E-state index is 5.85. The summed E-state index contributed by atoms with van der Waals surface area (Å²) >= 11 is -3.00. The summed E-state index contributed by atoms with van der Waals surface area (Å²) in [6.07, 6.45) is -0.0964. The first-order valence-electron chi connectivity index (χ1n) is 6.46. The predicted molar refractivity (Wildman–Crippen MR) is 73.0 cm³/mol. The zero-order chi connectivity index (χ0) is 14.7. The van der Waals surface area contributed by atoms with E-state index in [9.17, 15) is 0 Å². The molecule has 0 amide bonds. The van der Waals surface area contributed by atoms with Gasteiger partial charge in [-0.1, -0.05) is 0 Å². The molecule has 19 heavy (non-hydrogen) atoms. The average Bonchev–Trinajstić information content (AvgIpc) is 2.29. The molecule has 0 N–H and O–H groups in total. The van der Waals surface area contributed by atoms with Gasteiger partial charge in [0.05, 0.1) is 0 Å². The van der Waals surface area contributed by atoms with E-state index in [2.05, 4.69) is 0 Å². The Hall–Kier alpha value is 0.630. The Bertz CT molecular complexity index is 173. The van der Waals surface area contributed by atoms with E-state index in [1.807, 2.05) is 20.8 Å². The van der Waals surface area contributed by atoms with Crippen molar-refractivity contribution < 1.29 is 22.8 Å². The van der Waals surface area contributed by atoms with Crippen LogP contribution in [0.2, 0.25) is 0 Å². The Balaban J connectivity index is 4.28. The van der Waals surface area contributed by atoms with Crippen LogP contribution in [0.5, 0.6) is 0 Å². The molecule has 114 valence electrons. The Kier molecular flexibility index (Phi) is 12.8. The molecule has 0 radical (unpaired) electrons. The third-order valence-electron chi connectivity index (χ3n) is 2.23. The number of hydrogen-bond acceptors (Lipinski definition) is 6. The summed E-state index contributed by atoms with van der Waals surface area (Å²) in [5.41, 5.74) is 0. The SMILES string of the molecule is COCC(C)[O][In]([O]C(C)COC)[O]C(C)COC. The van der Waals surface area contributed by atoms with Crippen LogP contribution in [0, 0.1) is 0 Å². The fourth-order valence-corrected chi connectivity index (χ4v) is 5.96. The molecule has 0 spiro atoms. The first kappa shape index (κ1) is 19.6. The van der Waals surface area contributed by atoms with E-state index in [-0.39, 0.29) is 18.3 Å². The molecule has 0 aliphatic rings. The molecule has 0 aromatic rings. The van der Waals surface area contributed by atoms with E-state index in [0.29, 0.717) is 19.8 Å². The molecule has 0 fully saturated rings. The van der Waals surface area contributed by atoms with Gasteiger partial charge in [-0.2, -0.15) is 0 Å². The number of rotatable bonds is 12. The maximum atomic E-state index is 5.85. The zero-order valence-corrected chi connectivity index (χ0v) is 16.2. The van der Waals surface area contributed by atoms with Crippen molar-refractivity contribution in [2.24, 2.45) is 0 Å². The van der Waals surface area contributed by atoms with E-state index < -0.39 is 22.7 Å². The van der Waals surface area contributed by atoms with Gasteiger partial charge in [-0.05, 0) is 0 Å². The topological polar surface area (TPSA) is 55.4 Å². The summed E-state index contributed by atoms with van der Waals surface area (Å²) in [6, 6.07) is 0. The summed E-state index contributed by atoms with van der Waals surface area (Å²) < 4.78 is 32.7. The van der Waals surface area contributed by atoms with Crippen LogP contribution in [0.4, 0.5) is 0 Å². The van der Waals surface area contributed by atoms with E-state index in [1.54, 1.807) is 21.3 Å². The molecule has 0 heterocycles. The quantitative estimate of drug-likeness (QED) is 0.505. The Labute approximate surface area is 126 Å². The van der Waals surface area contributed by atoms with Gasteiger partial charge in [0.25, 0.3) is 0 Å². The fourth-order valence-electron chi connectivity index (χ4n) is 1.49. The van der Waals surface area contributed by atoms with Gasteiger partial charge in [0.15, 0.2) is 0 Å². The van der Waals surface area contributed by atoms with Crippen LogP contribution < -0.4 is 0 Å². The van der Waals surface area contributed by atoms with Crippen LogP contribution >= 0.6 is 0 Å². The standard InChI is InChI=1S/3C4H9O2.In/c3*1-4(5)3-6-2;/h3*4H,3H2,1-2H3;/q3*-1;+3. The molecular weight excluding hydrogens is 355 g/mol. The molecular formula is C12H27InO6. The third-order valence-corrected chi connectivity index (χ3v) is 8.12. The summed E-state index contributed by atoms with van der Waals surface area (Å²) in [5, 5.41) is 0. The normalized spacial score (nSPS) is 16.1. The third kappa shape index (κ3) is 11.0. The first-order valence-corrected chi connectivity index (χ1v) is 10.5. The molecule has 3 atom stereocenters. The number of hydrogen-bond donors (Lipinski definition) is 0. The average molecular weight is 382 g/mol. The summed E-state index contributed by atoms with van der Waals surface area (Å²) in [5.74, 6) is 0. The monoisotopic (exact) mass is 382 g/mol. The molecule has 0 rings (SSSR count). The predicted octanol–water partition coefficient (Wildman–Crippen LogP) is 1.13. The van der Waals surface area contributed by atoms with Gasteiger partial charge in [0.2, 0.25) is 0 Å². The molecule has 0 bridgehead atoms. The van der Waals surface area contributed by atoms with E-state index >= 15 is 0 Å². The van der Waals surface area contributed by atoms with Crippen LogP contribution in [0.25, 0.3) is 0 Å². The van der Waals surface area contributed by atoms with Gasteiger partial charge >= 0.3 is 126 Å². The molecule has 0 aromatic carbocycles. The Morgan fingerprint density at radius 3 is 1.11 bits per heavy atom. The van der Waals surface area contributed by atoms with Crippen molar-refractivity contribution in [3.8, 4) is 0 Å². The van der Waals surface area contributed by atoms with E-state index in [0.717, 1.165) is 0 Å². The van der Waals surface area contributed by atoms with Crippen molar-refractivity contribution >= 4 is 22.7 Å². The van der Waals surface area contributed by atoms with Crippen LogP contribution in [0.3, 0.4) is 0 Å². The Morgan fingerprint density at radius 1 is 0.632 bits per heavy atom. The summed E-state index contributed by atoms with van der Waals surface area (Å²) in [4.78, 5) is 0. The van der Waals surface area contributed by atoms with Crippen molar-refractivity contribution in [2.75, 3.05) is 41.2 Å². The van der Waals surface area contributed by atoms with Crippen molar-refractivity contribution in [2.45, 2.75) is 39.1 Å². The molecule has 6 nitrogen and oxygen atoms in total. The molecule has 0 aromatic heterocycles. The van der Waals surface area contributed by atoms with Gasteiger partial charge in [0.1, 0.15) is 0 Å². The van der Waals surface area contributed by atoms with Crippen molar-refractivity contribution in [1.29, 1.82) is 0 Å². The van der Waals surface area contributed by atoms with Crippen molar-refractivity contribution in [3.05, 3.63) is 0 Å². The minimum absolute atomic E-state index is 0.0321. The molecule has 0 aliphatic carbocycles. The van der Waals surface area contributed by atoms with Crippen LogP contribution in [-0.2, 0) is 22.8 Å². The first-order chi connectivity index (χ1) is 9.03. The van der Waals surface area contributed by atoms with Crippen molar-refractivity contribution in [1.82, 2.24) is 0 Å². The summed E-state index contributed by atoms with van der Waals surface area (Å²) in [7, 11) is 4.94. The molecule has 3 unspecified atom stereocenters. The van der Waals surface area contributed by atoms with Gasteiger partial charge < -0.3 is 0 Å². The van der Waals surface area contributed by atoms with E-state index in [4.69, 9.17) is 22.8 Å². The molecule has 0 saturated heterocycles. The van der Waals surface area contributed by atoms with Gasteiger partial charge in [-0.25, -0.2) is 0 Å². The van der Waals surface area contributed by atoms with E-state index in [1.165, 1.54) is 0 Å².